The summed E-state index contributed by atoms with van der Waals surface area (Å²) < 4.78 is 2.65. The Balaban J connectivity index is 2.21. The summed E-state index contributed by atoms with van der Waals surface area (Å²) in [7, 11) is 0. The number of benzene rings is 1. The normalized spacial score (nSPS) is 12.7. The molecule has 0 aliphatic heterocycles. The van der Waals surface area contributed by atoms with E-state index in [4.69, 9.17) is 11.6 Å². The van der Waals surface area contributed by atoms with Crippen LogP contribution in [-0.2, 0) is 13.0 Å². The molecule has 0 bridgehead atoms. The Bertz CT molecular complexity index is 544. The van der Waals surface area contributed by atoms with Crippen molar-refractivity contribution in [3.63, 3.8) is 0 Å². The Morgan fingerprint density at radius 2 is 2.28 bits per heavy atom. The molecule has 4 nitrogen and oxygen atoms in total. The molecule has 2 aromatic rings. The van der Waals surface area contributed by atoms with E-state index in [0.29, 0.717) is 17.0 Å². The largest absolute Gasteiger partial charge is 0.388 e. The fraction of sp³-hybridized carbons (Fsp3) is 0.333. The summed E-state index contributed by atoms with van der Waals surface area (Å²) in [4.78, 5) is 4.14. The molecular formula is C12H13BrClN3O. The Hall–Kier alpha value is -0.910. The van der Waals surface area contributed by atoms with Crippen LogP contribution >= 0.6 is 27.5 Å². The molecule has 0 radical (unpaired) electrons. The van der Waals surface area contributed by atoms with Crippen molar-refractivity contribution in [1.29, 1.82) is 0 Å². The first-order chi connectivity index (χ1) is 8.61. The van der Waals surface area contributed by atoms with Gasteiger partial charge in [-0.25, -0.2) is 4.98 Å². The Morgan fingerprint density at radius 1 is 1.50 bits per heavy atom. The predicted molar refractivity (Wildman–Crippen MR) is 73.5 cm³/mol. The van der Waals surface area contributed by atoms with E-state index in [9.17, 15) is 5.11 Å². The molecule has 1 atom stereocenters. The summed E-state index contributed by atoms with van der Waals surface area (Å²) in [5.74, 6) is 0.751. The number of hydrogen-bond donors (Lipinski definition) is 1. The SMILES string of the molecule is CCn1ncnc1CC(O)c1cc(Br)ccc1Cl. The van der Waals surface area contributed by atoms with Crippen LogP contribution in [-0.4, -0.2) is 19.9 Å². The maximum absolute atomic E-state index is 10.2. The van der Waals surface area contributed by atoms with E-state index >= 15 is 0 Å². The third-order valence-corrected chi connectivity index (χ3v) is 3.53. The van der Waals surface area contributed by atoms with Crippen LogP contribution in [0.2, 0.25) is 5.02 Å². The maximum atomic E-state index is 10.2. The van der Waals surface area contributed by atoms with Crippen molar-refractivity contribution >= 4 is 27.5 Å². The van der Waals surface area contributed by atoms with Crippen molar-refractivity contribution in [2.45, 2.75) is 26.0 Å². The molecule has 0 amide bonds. The van der Waals surface area contributed by atoms with E-state index < -0.39 is 6.10 Å². The van der Waals surface area contributed by atoms with Gasteiger partial charge in [0.15, 0.2) is 0 Å². The summed E-state index contributed by atoms with van der Waals surface area (Å²) in [6.07, 6.45) is 1.20. The number of aryl methyl sites for hydroxylation is 1. The molecule has 1 heterocycles. The van der Waals surface area contributed by atoms with Gasteiger partial charge in [-0.05, 0) is 25.1 Å². The van der Waals surface area contributed by atoms with Gasteiger partial charge in [0.1, 0.15) is 12.2 Å². The molecule has 0 saturated carbocycles. The van der Waals surface area contributed by atoms with Crippen LogP contribution in [0.4, 0.5) is 0 Å². The van der Waals surface area contributed by atoms with Crippen LogP contribution in [0.5, 0.6) is 0 Å². The van der Waals surface area contributed by atoms with Gasteiger partial charge < -0.3 is 5.11 Å². The molecule has 18 heavy (non-hydrogen) atoms. The number of aliphatic hydroxyl groups is 1. The summed E-state index contributed by atoms with van der Waals surface area (Å²) >= 11 is 9.45. The van der Waals surface area contributed by atoms with Gasteiger partial charge in [-0.15, -0.1) is 0 Å². The average Bonchev–Trinajstić information content (AvgIpc) is 2.79. The van der Waals surface area contributed by atoms with Gasteiger partial charge in [0, 0.05) is 28.0 Å². The zero-order valence-electron chi connectivity index (χ0n) is 9.85. The van der Waals surface area contributed by atoms with Crippen LogP contribution < -0.4 is 0 Å². The lowest BCUT2D eigenvalue weighted by atomic mass is 10.1. The maximum Gasteiger partial charge on any atom is 0.138 e. The molecule has 0 spiro atoms. The van der Waals surface area contributed by atoms with Crippen molar-refractivity contribution in [3.05, 3.63) is 45.4 Å². The zero-order valence-corrected chi connectivity index (χ0v) is 12.2. The molecule has 96 valence electrons. The molecule has 0 aliphatic rings. The lowest BCUT2D eigenvalue weighted by Crippen LogP contribution is -2.10. The number of hydrogen-bond acceptors (Lipinski definition) is 3. The smallest absolute Gasteiger partial charge is 0.138 e. The van der Waals surface area contributed by atoms with E-state index in [0.717, 1.165) is 16.8 Å². The summed E-state index contributed by atoms with van der Waals surface area (Å²) in [6, 6.07) is 5.42. The Kier molecular flexibility index (Phi) is 4.37. The first-order valence-corrected chi connectivity index (χ1v) is 6.78. The third-order valence-electron chi connectivity index (χ3n) is 2.69. The van der Waals surface area contributed by atoms with Gasteiger partial charge in [0.25, 0.3) is 0 Å². The van der Waals surface area contributed by atoms with Gasteiger partial charge in [-0.3, -0.25) is 4.68 Å². The van der Waals surface area contributed by atoms with Crippen LogP contribution in [0, 0.1) is 0 Å². The van der Waals surface area contributed by atoms with Crippen LogP contribution in [0.15, 0.2) is 29.0 Å². The second-order valence-electron chi connectivity index (χ2n) is 3.88. The van der Waals surface area contributed by atoms with Crippen molar-refractivity contribution in [3.8, 4) is 0 Å². The van der Waals surface area contributed by atoms with Crippen LogP contribution in [0.1, 0.15) is 24.4 Å². The molecule has 6 heteroatoms. The fourth-order valence-corrected chi connectivity index (χ4v) is 2.39. The van der Waals surface area contributed by atoms with Gasteiger partial charge in [-0.1, -0.05) is 27.5 Å². The van der Waals surface area contributed by atoms with Gasteiger partial charge >= 0.3 is 0 Å². The summed E-state index contributed by atoms with van der Waals surface area (Å²) in [5.41, 5.74) is 0.691. The minimum absolute atomic E-state index is 0.393. The molecule has 1 aromatic heterocycles. The van der Waals surface area contributed by atoms with Gasteiger partial charge in [0.2, 0.25) is 0 Å². The second kappa shape index (κ2) is 5.82. The molecule has 0 aliphatic carbocycles. The highest BCUT2D eigenvalue weighted by Gasteiger charge is 2.15. The second-order valence-corrected chi connectivity index (χ2v) is 5.20. The fourth-order valence-electron chi connectivity index (χ4n) is 1.76. The van der Waals surface area contributed by atoms with Crippen molar-refractivity contribution in [2.75, 3.05) is 0 Å². The molecule has 0 fully saturated rings. The minimum Gasteiger partial charge on any atom is -0.388 e. The van der Waals surface area contributed by atoms with Crippen molar-refractivity contribution in [1.82, 2.24) is 14.8 Å². The van der Waals surface area contributed by atoms with E-state index in [1.807, 2.05) is 19.1 Å². The van der Waals surface area contributed by atoms with Crippen LogP contribution in [0.25, 0.3) is 0 Å². The quantitative estimate of drug-likeness (QED) is 0.937. The number of halogens is 2. The number of nitrogens with zero attached hydrogens (tertiary/aromatic N) is 3. The monoisotopic (exact) mass is 329 g/mol. The number of aromatic nitrogens is 3. The molecule has 1 unspecified atom stereocenters. The average molecular weight is 331 g/mol. The standard InChI is InChI=1S/C12H13BrClN3O/c1-2-17-12(15-7-16-17)6-11(18)9-5-8(13)3-4-10(9)14/h3-5,7,11,18H,2,6H2,1H3. The first kappa shape index (κ1) is 13.5. The highest BCUT2D eigenvalue weighted by Crippen LogP contribution is 2.28. The number of rotatable bonds is 4. The van der Waals surface area contributed by atoms with E-state index in [-0.39, 0.29) is 0 Å². The topological polar surface area (TPSA) is 50.9 Å². The van der Waals surface area contributed by atoms with Crippen LogP contribution in [0.3, 0.4) is 0 Å². The van der Waals surface area contributed by atoms with Gasteiger partial charge in [0.05, 0.1) is 6.10 Å². The first-order valence-electron chi connectivity index (χ1n) is 5.61. The van der Waals surface area contributed by atoms with Crippen molar-refractivity contribution < 1.29 is 5.11 Å². The van der Waals surface area contributed by atoms with E-state index in [2.05, 4.69) is 26.0 Å². The lowest BCUT2D eigenvalue weighted by molar-refractivity contribution is 0.174. The summed E-state index contributed by atoms with van der Waals surface area (Å²) in [5, 5.41) is 14.9. The minimum atomic E-state index is -0.690. The highest BCUT2D eigenvalue weighted by molar-refractivity contribution is 9.10. The Morgan fingerprint density at radius 3 is 3.00 bits per heavy atom. The van der Waals surface area contributed by atoms with Crippen molar-refractivity contribution in [2.24, 2.45) is 0 Å². The predicted octanol–water partition coefficient (Wildman–Crippen LogP) is 2.99. The van der Waals surface area contributed by atoms with E-state index in [1.165, 1.54) is 6.33 Å². The Labute approximate surface area is 119 Å². The van der Waals surface area contributed by atoms with Gasteiger partial charge in [-0.2, -0.15) is 5.10 Å². The third kappa shape index (κ3) is 2.91. The summed E-state index contributed by atoms with van der Waals surface area (Å²) in [6.45, 7) is 2.71. The lowest BCUT2D eigenvalue weighted by Gasteiger charge is -2.13. The number of aliphatic hydroxyl groups excluding tert-OH is 1. The molecular weight excluding hydrogens is 318 g/mol. The molecule has 2 rings (SSSR count). The highest BCUT2D eigenvalue weighted by atomic mass is 79.9. The van der Waals surface area contributed by atoms with E-state index in [1.54, 1.807) is 10.7 Å². The zero-order chi connectivity index (χ0) is 13.1. The molecule has 1 N–H and O–H groups in total. The molecule has 1 aromatic carbocycles. The molecule has 0 saturated heterocycles.